The lowest BCUT2D eigenvalue weighted by molar-refractivity contribution is -0.132. The number of para-hydroxylation sites is 1. The van der Waals surface area contributed by atoms with Gasteiger partial charge in [0.2, 0.25) is 0 Å². The van der Waals surface area contributed by atoms with Gasteiger partial charge in [-0.3, -0.25) is 14.5 Å². The van der Waals surface area contributed by atoms with Gasteiger partial charge in [-0.25, -0.2) is 9.78 Å². The van der Waals surface area contributed by atoms with Crippen LogP contribution < -0.4 is 19.1 Å². The number of esters is 1. The summed E-state index contributed by atoms with van der Waals surface area (Å²) in [6.07, 6.45) is 1.44. The molecule has 3 heterocycles. The summed E-state index contributed by atoms with van der Waals surface area (Å²) in [5, 5.41) is 11.6. The maximum atomic E-state index is 13.6. The summed E-state index contributed by atoms with van der Waals surface area (Å²) in [5.41, 5.74) is 0.911. The molecule has 1 atom stereocenters. The zero-order valence-electron chi connectivity index (χ0n) is 21.8. The lowest BCUT2D eigenvalue weighted by atomic mass is 9.94. The molecule has 1 unspecified atom stereocenters. The number of rotatable bonds is 8. The van der Waals surface area contributed by atoms with E-state index < -0.39 is 29.5 Å². The Kier molecular flexibility index (Phi) is 7.56. The van der Waals surface area contributed by atoms with Crippen LogP contribution in [0.2, 0.25) is 0 Å². The highest BCUT2D eigenvalue weighted by Gasteiger charge is 2.49. The second kappa shape index (κ2) is 11.2. The molecule has 2 aromatic carbocycles. The van der Waals surface area contributed by atoms with Crippen molar-refractivity contribution >= 4 is 39.9 Å². The number of amides is 1. The fraction of sp³-hybridized carbons (Fsp3) is 0.241. The Bertz CT molecular complexity index is 1540. The van der Waals surface area contributed by atoms with Crippen molar-refractivity contribution in [1.29, 1.82) is 0 Å². The van der Waals surface area contributed by atoms with Crippen LogP contribution in [0.3, 0.4) is 0 Å². The number of hydrogen-bond donors (Lipinski definition) is 1. The van der Waals surface area contributed by atoms with Gasteiger partial charge in [0.25, 0.3) is 5.78 Å². The summed E-state index contributed by atoms with van der Waals surface area (Å²) >= 11 is 0.918. The summed E-state index contributed by atoms with van der Waals surface area (Å²) in [6, 6.07) is 10.6. The number of anilines is 1. The molecular formula is C29H26N2O8S. The van der Waals surface area contributed by atoms with Crippen molar-refractivity contribution in [2.75, 3.05) is 31.3 Å². The Morgan fingerprint density at radius 1 is 1.20 bits per heavy atom. The van der Waals surface area contributed by atoms with Crippen molar-refractivity contribution in [3.05, 3.63) is 82.4 Å². The molecule has 0 spiro atoms. The number of aryl methyl sites for hydroxylation is 1. The molecule has 11 heteroatoms. The van der Waals surface area contributed by atoms with Crippen LogP contribution in [0.25, 0.3) is 5.76 Å². The van der Waals surface area contributed by atoms with Gasteiger partial charge in [-0.2, -0.15) is 0 Å². The van der Waals surface area contributed by atoms with Crippen LogP contribution in [0, 0.1) is 6.92 Å². The van der Waals surface area contributed by atoms with E-state index in [9.17, 15) is 19.5 Å². The quantitative estimate of drug-likeness (QED) is 0.138. The van der Waals surface area contributed by atoms with Gasteiger partial charge in [0, 0.05) is 11.1 Å². The van der Waals surface area contributed by atoms with Crippen LogP contribution in [-0.2, 0) is 14.3 Å². The lowest BCUT2D eigenvalue weighted by Gasteiger charge is -2.25. The molecule has 5 rings (SSSR count). The number of thiazole rings is 1. The Hall–Kier alpha value is -4.64. The van der Waals surface area contributed by atoms with Crippen LogP contribution in [0.5, 0.6) is 17.2 Å². The van der Waals surface area contributed by atoms with Gasteiger partial charge < -0.3 is 24.1 Å². The third-order valence-electron chi connectivity index (χ3n) is 6.28. The van der Waals surface area contributed by atoms with Crippen LogP contribution in [0.15, 0.2) is 60.7 Å². The SMILES string of the molecule is C=CCOC(=O)c1sc(N2C(=O)C(=O)C(=C(O)c3ccc4c(c3)OCCO4)C2c2ccccc2OCC)nc1C. The van der Waals surface area contributed by atoms with Crippen molar-refractivity contribution in [1.82, 2.24) is 4.98 Å². The highest BCUT2D eigenvalue weighted by atomic mass is 32.1. The number of carbonyl (C=O) groups excluding carboxylic acids is 3. The molecule has 2 aliphatic rings. The van der Waals surface area contributed by atoms with Gasteiger partial charge in [0.15, 0.2) is 16.6 Å². The van der Waals surface area contributed by atoms with Gasteiger partial charge >= 0.3 is 11.9 Å². The standard InChI is InChI=1S/C29H26N2O8S/c1-4-12-39-28(35)26-16(3)30-29(40-26)31-23(18-8-6-7-9-19(18)36-5-2)22(25(33)27(31)34)24(32)17-10-11-20-21(15-17)38-14-13-37-20/h4,6-11,15,23,32H,1,5,12-14H2,2-3H3. The molecule has 1 fully saturated rings. The monoisotopic (exact) mass is 562 g/mol. The number of aliphatic hydroxyl groups excluding tert-OH is 1. The second-order valence-corrected chi connectivity index (χ2v) is 9.77. The number of ether oxygens (including phenoxy) is 4. The van der Waals surface area contributed by atoms with Crippen molar-refractivity contribution < 1.29 is 38.4 Å². The minimum absolute atomic E-state index is 0.00723. The molecule has 1 saturated heterocycles. The largest absolute Gasteiger partial charge is 0.507 e. The zero-order valence-corrected chi connectivity index (χ0v) is 22.7. The van der Waals surface area contributed by atoms with E-state index in [2.05, 4.69) is 11.6 Å². The summed E-state index contributed by atoms with van der Waals surface area (Å²) in [4.78, 5) is 45.6. The molecule has 1 amide bonds. The molecule has 1 aromatic heterocycles. The first kappa shape index (κ1) is 26.9. The Balaban J connectivity index is 1.68. The number of carbonyl (C=O) groups is 3. The van der Waals surface area contributed by atoms with E-state index in [0.717, 1.165) is 11.3 Å². The van der Waals surface area contributed by atoms with E-state index in [4.69, 9.17) is 18.9 Å². The number of hydrogen-bond acceptors (Lipinski definition) is 10. The molecule has 0 radical (unpaired) electrons. The van der Waals surface area contributed by atoms with Gasteiger partial charge in [-0.1, -0.05) is 42.2 Å². The normalized spacial score (nSPS) is 17.6. The molecule has 40 heavy (non-hydrogen) atoms. The number of aromatic nitrogens is 1. The van der Waals surface area contributed by atoms with Gasteiger partial charge in [0.1, 0.15) is 42.2 Å². The van der Waals surface area contributed by atoms with Crippen molar-refractivity contribution in [3.63, 3.8) is 0 Å². The van der Waals surface area contributed by atoms with Crippen molar-refractivity contribution in [2.24, 2.45) is 0 Å². The number of ketones is 1. The van der Waals surface area contributed by atoms with E-state index in [1.807, 2.05) is 6.92 Å². The van der Waals surface area contributed by atoms with Crippen LogP contribution in [-0.4, -0.2) is 54.2 Å². The molecular weight excluding hydrogens is 536 g/mol. The maximum absolute atomic E-state index is 13.6. The smallest absolute Gasteiger partial charge is 0.350 e. The third-order valence-corrected chi connectivity index (χ3v) is 7.42. The molecule has 3 aromatic rings. The summed E-state index contributed by atoms with van der Waals surface area (Å²) in [6.45, 7) is 8.03. The molecule has 2 aliphatic heterocycles. The first-order valence-corrected chi connectivity index (χ1v) is 13.4. The second-order valence-electron chi connectivity index (χ2n) is 8.80. The number of aliphatic hydroxyl groups is 1. The highest BCUT2D eigenvalue weighted by molar-refractivity contribution is 7.17. The average Bonchev–Trinajstić information content (AvgIpc) is 3.47. The lowest BCUT2D eigenvalue weighted by Crippen LogP contribution is -2.29. The van der Waals surface area contributed by atoms with E-state index in [-0.39, 0.29) is 27.8 Å². The van der Waals surface area contributed by atoms with Crippen LogP contribution in [0.1, 0.15) is 39.5 Å². The topological polar surface area (TPSA) is 124 Å². The Labute approximate surface area is 234 Å². The first-order valence-electron chi connectivity index (χ1n) is 12.5. The molecule has 10 nitrogen and oxygen atoms in total. The van der Waals surface area contributed by atoms with Crippen LogP contribution in [0.4, 0.5) is 5.13 Å². The fourth-order valence-corrected chi connectivity index (χ4v) is 5.53. The molecule has 0 saturated carbocycles. The van der Waals surface area contributed by atoms with Gasteiger partial charge in [-0.15, -0.1) is 0 Å². The van der Waals surface area contributed by atoms with Crippen molar-refractivity contribution in [3.8, 4) is 17.2 Å². The summed E-state index contributed by atoms with van der Waals surface area (Å²) in [7, 11) is 0. The molecule has 1 N–H and O–H groups in total. The van der Waals surface area contributed by atoms with Gasteiger partial charge in [0.05, 0.1) is 17.9 Å². The highest BCUT2D eigenvalue weighted by Crippen LogP contribution is 2.47. The molecule has 0 aliphatic carbocycles. The minimum atomic E-state index is -1.10. The van der Waals surface area contributed by atoms with Gasteiger partial charge in [-0.05, 0) is 38.1 Å². The fourth-order valence-electron chi connectivity index (χ4n) is 4.54. The predicted octanol–water partition coefficient (Wildman–Crippen LogP) is 4.59. The first-order chi connectivity index (χ1) is 19.3. The van der Waals surface area contributed by atoms with E-state index in [0.29, 0.717) is 48.3 Å². The zero-order chi connectivity index (χ0) is 28.4. The van der Waals surface area contributed by atoms with E-state index in [1.54, 1.807) is 49.4 Å². The van der Waals surface area contributed by atoms with Crippen molar-refractivity contribution in [2.45, 2.75) is 19.9 Å². The number of nitrogens with zero attached hydrogens (tertiary/aromatic N) is 2. The maximum Gasteiger partial charge on any atom is 0.350 e. The minimum Gasteiger partial charge on any atom is -0.507 e. The Morgan fingerprint density at radius 3 is 2.70 bits per heavy atom. The number of fused-ring (bicyclic) bond motifs is 1. The predicted molar refractivity (Wildman–Crippen MR) is 147 cm³/mol. The molecule has 206 valence electrons. The third kappa shape index (κ3) is 4.79. The number of benzene rings is 2. The Morgan fingerprint density at radius 2 is 1.95 bits per heavy atom. The van der Waals surface area contributed by atoms with Crippen LogP contribution >= 0.6 is 11.3 Å². The molecule has 0 bridgehead atoms. The van der Waals surface area contributed by atoms with E-state index in [1.165, 1.54) is 11.0 Å². The van der Waals surface area contributed by atoms with E-state index >= 15 is 0 Å². The summed E-state index contributed by atoms with van der Waals surface area (Å²) in [5.74, 6) is -1.49. The number of Topliss-reactive ketones (excluding diaryl/α,β-unsaturated/α-hetero) is 1. The average molecular weight is 563 g/mol. The summed E-state index contributed by atoms with van der Waals surface area (Å²) < 4.78 is 22.2.